The zero-order chi connectivity index (χ0) is 50.6. The SMILES string of the molecule is CCN1C(=CC=C(C=O)C=CC2=[N+](CC)c3ccccc3C2(C)C)C(C)(C)c2ccccc21.[C-]#[N+]/C(C#N)=C\C(C=CC1=[N+](CC)c2ccccc2C1(C)C)=CC=C1N(CC)c2ccccc2C1(C)C. The number of hydrogen-bond acceptors (Lipinski definition) is 4. The van der Waals surface area contributed by atoms with Crippen LogP contribution in [0.5, 0.6) is 0 Å². The van der Waals surface area contributed by atoms with E-state index in [1.54, 1.807) is 6.08 Å². The minimum absolute atomic E-state index is 0.0712. The van der Waals surface area contributed by atoms with Gasteiger partial charge in [0.25, 0.3) is 5.70 Å². The summed E-state index contributed by atoms with van der Waals surface area (Å²) in [5.41, 5.74) is 16.1. The Labute approximate surface area is 418 Å². The normalized spacial score (nSPS) is 19.6. The quantitative estimate of drug-likeness (QED) is 0.0355. The summed E-state index contributed by atoms with van der Waals surface area (Å²) in [6.45, 7) is 37.6. The van der Waals surface area contributed by atoms with E-state index in [1.165, 1.54) is 67.8 Å². The Hall–Kier alpha value is -7.35. The molecule has 4 heterocycles. The van der Waals surface area contributed by atoms with Crippen LogP contribution in [0.1, 0.15) is 105 Å². The summed E-state index contributed by atoms with van der Waals surface area (Å²) in [6.07, 6.45) is 19.2. The Morgan fingerprint density at radius 1 is 0.586 bits per heavy atom. The van der Waals surface area contributed by atoms with Crippen LogP contribution < -0.4 is 9.80 Å². The Morgan fingerprint density at radius 3 is 1.36 bits per heavy atom. The maximum atomic E-state index is 12.0. The Kier molecular flexibility index (Phi) is 14.7. The summed E-state index contributed by atoms with van der Waals surface area (Å²) in [5.74, 6) is 0. The van der Waals surface area contributed by atoms with E-state index in [0.717, 1.165) is 38.0 Å². The van der Waals surface area contributed by atoms with E-state index in [1.807, 2.05) is 30.4 Å². The van der Waals surface area contributed by atoms with Gasteiger partial charge < -0.3 is 9.80 Å². The van der Waals surface area contributed by atoms with E-state index in [4.69, 9.17) is 6.57 Å². The van der Waals surface area contributed by atoms with Gasteiger partial charge in [-0.3, -0.25) is 4.79 Å². The molecule has 356 valence electrons. The maximum absolute atomic E-state index is 12.0. The summed E-state index contributed by atoms with van der Waals surface area (Å²) in [7, 11) is 0. The zero-order valence-electron chi connectivity index (χ0n) is 43.4. The molecule has 0 saturated heterocycles. The van der Waals surface area contributed by atoms with E-state index < -0.39 is 0 Å². The number of carbonyl (C=O) groups is 1. The van der Waals surface area contributed by atoms with Crippen molar-refractivity contribution in [1.82, 2.24) is 0 Å². The number of anilines is 2. The van der Waals surface area contributed by atoms with Gasteiger partial charge >= 0.3 is 0 Å². The van der Waals surface area contributed by atoms with E-state index in [-0.39, 0.29) is 27.4 Å². The highest BCUT2D eigenvalue weighted by atomic mass is 16.1. The lowest BCUT2D eigenvalue weighted by Crippen LogP contribution is -2.27. The van der Waals surface area contributed by atoms with Crippen molar-refractivity contribution in [2.45, 2.75) is 105 Å². The summed E-state index contributed by atoms with van der Waals surface area (Å²) < 4.78 is 4.70. The fraction of sp³-hybridized carbons (Fsp3) is 0.317. The average Bonchev–Trinajstić information content (AvgIpc) is 3.92. The molecule has 4 aliphatic rings. The molecule has 0 bridgehead atoms. The smallest absolute Gasteiger partial charge is 0.262 e. The van der Waals surface area contributed by atoms with Gasteiger partial charge in [0.2, 0.25) is 11.4 Å². The van der Waals surface area contributed by atoms with Crippen molar-refractivity contribution in [3.63, 3.8) is 0 Å². The molecular formula is C63H70N6O+2. The highest BCUT2D eigenvalue weighted by Gasteiger charge is 2.45. The van der Waals surface area contributed by atoms with E-state index in [2.05, 4.69) is 228 Å². The largest absolute Gasteiger partial charge is 0.344 e. The van der Waals surface area contributed by atoms with Crippen molar-refractivity contribution in [2.75, 3.05) is 36.0 Å². The van der Waals surface area contributed by atoms with Crippen molar-refractivity contribution < 1.29 is 13.9 Å². The number of likely N-dealkylation sites (N-methyl/N-ethyl adjacent to an activating group) is 2. The lowest BCUT2D eigenvalue weighted by molar-refractivity contribution is -0.433. The molecule has 0 saturated carbocycles. The fourth-order valence-electron chi connectivity index (χ4n) is 11.2. The number of carbonyl (C=O) groups excluding carboxylic acids is 1. The second-order valence-corrected chi connectivity index (χ2v) is 20.3. The number of para-hydroxylation sites is 4. The molecule has 7 heteroatoms. The van der Waals surface area contributed by atoms with Crippen LogP contribution in [-0.2, 0) is 26.5 Å². The summed E-state index contributed by atoms with van der Waals surface area (Å²) in [5, 5.41) is 9.48. The lowest BCUT2D eigenvalue weighted by atomic mass is 9.81. The van der Waals surface area contributed by atoms with Crippen LogP contribution in [0.4, 0.5) is 22.7 Å². The monoisotopic (exact) mass is 927 g/mol. The Bertz CT molecular complexity index is 3070. The zero-order valence-corrected chi connectivity index (χ0v) is 43.4. The van der Waals surface area contributed by atoms with E-state index in [9.17, 15) is 10.1 Å². The van der Waals surface area contributed by atoms with Crippen molar-refractivity contribution in [3.05, 3.63) is 214 Å². The number of aldehydes is 1. The highest BCUT2D eigenvalue weighted by Crippen LogP contribution is 2.49. The molecule has 0 unspecified atom stereocenters. The first-order valence-corrected chi connectivity index (χ1v) is 24.9. The Balaban J connectivity index is 0.000000208. The van der Waals surface area contributed by atoms with Crippen LogP contribution in [0.25, 0.3) is 4.85 Å². The molecule has 8 rings (SSSR count). The van der Waals surface area contributed by atoms with Crippen LogP contribution in [0.3, 0.4) is 0 Å². The number of allylic oxidation sites excluding steroid dienone is 14. The Morgan fingerprint density at radius 2 is 0.971 bits per heavy atom. The molecule has 0 fully saturated rings. The van der Waals surface area contributed by atoms with Crippen LogP contribution in [0.2, 0.25) is 0 Å². The lowest BCUT2D eigenvalue weighted by Gasteiger charge is -2.26. The van der Waals surface area contributed by atoms with Gasteiger partial charge in [-0.1, -0.05) is 107 Å². The van der Waals surface area contributed by atoms with Gasteiger partial charge in [0, 0.05) is 87.7 Å². The van der Waals surface area contributed by atoms with Crippen molar-refractivity contribution in [3.8, 4) is 6.07 Å². The van der Waals surface area contributed by atoms with Crippen LogP contribution in [-0.4, -0.2) is 53.0 Å². The van der Waals surface area contributed by atoms with Crippen molar-refractivity contribution >= 4 is 40.5 Å². The van der Waals surface area contributed by atoms with Gasteiger partial charge in [-0.05, 0) is 121 Å². The topological polar surface area (TPSA) is 57.7 Å². The molecule has 0 spiro atoms. The molecule has 0 amide bonds. The van der Waals surface area contributed by atoms with E-state index in [0.29, 0.717) is 5.57 Å². The molecule has 4 aromatic carbocycles. The molecule has 0 atom stereocenters. The van der Waals surface area contributed by atoms with Gasteiger partial charge in [-0.2, -0.15) is 9.15 Å². The van der Waals surface area contributed by atoms with Crippen LogP contribution in [0.15, 0.2) is 180 Å². The maximum Gasteiger partial charge on any atom is 0.262 e. The molecule has 4 aromatic rings. The number of nitriles is 1. The number of benzene rings is 4. The first-order valence-electron chi connectivity index (χ1n) is 24.9. The molecule has 0 N–H and O–H groups in total. The van der Waals surface area contributed by atoms with Gasteiger partial charge in [-0.25, -0.2) is 10.1 Å². The second-order valence-electron chi connectivity index (χ2n) is 20.3. The van der Waals surface area contributed by atoms with Gasteiger partial charge in [0.1, 0.15) is 19.4 Å². The summed E-state index contributed by atoms with van der Waals surface area (Å²) in [4.78, 5) is 20.1. The molecule has 70 heavy (non-hydrogen) atoms. The number of rotatable bonds is 12. The first kappa shape index (κ1) is 50.5. The number of hydrogen-bond donors (Lipinski definition) is 0. The third kappa shape index (κ3) is 9.02. The summed E-state index contributed by atoms with van der Waals surface area (Å²) in [6, 6.07) is 36.3. The van der Waals surface area contributed by atoms with Gasteiger partial charge in [0.15, 0.2) is 11.4 Å². The molecule has 4 aliphatic heterocycles. The molecule has 0 aliphatic carbocycles. The molecule has 0 radical (unpaired) electrons. The molecule has 0 aromatic heterocycles. The predicted octanol–water partition coefficient (Wildman–Crippen LogP) is 14.1. The number of nitrogens with zero attached hydrogens (tertiary/aromatic N) is 6. The predicted molar refractivity (Wildman–Crippen MR) is 292 cm³/mol. The second kappa shape index (κ2) is 20.3. The van der Waals surface area contributed by atoms with Crippen LogP contribution in [0, 0.1) is 17.9 Å². The van der Waals surface area contributed by atoms with E-state index >= 15 is 0 Å². The molecule has 7 nitrogen and oxygen atoms in total. The average molecular weight is 927 g/mol. The van der Waals surface area contributed by atoms with Crippen molar-refractivity contribution in [1.29, 1.82) is 5.26 Å². The third-order valence-electron chi connectivity index (χ3n) is 14.9. The third-order valence-corrected chi connectivity index (χ3v) is 14.9. The molecular weight excluding hydrogens is 857 g/mol. The fourth-order valence-corrected chi connectivity index (χ4v) is 11.2. The first-order chi connectivity index (χ1) is 33.5. The van der Waals surface area contributed by atoms with Gasteiger partial charge in [-0.15, -0.1) is 0 Å². The van der Waals surface area contributed by atoms with Crippen molar-refractivity contribution in [2.24, 2.45) is 0 Å². The highest BCUT2D eigenvalue weighted by molar-refractivity contribution is 6.04. The van der Waals surface area contributed by atoms with Gasteiger partial charge in [0.05, 0.1) is 23.5 Å². The van der Waals surface area contributed by atoms with Crippen LogP contribution >= 0.6 is 0 Å². The standard InChI is InChI=1S/C33H35N4.C30H35N2O/c1-8-36-28-16-12-10-14-26(28)32(3,4)30(36)20-18-24(22-25(23-34)35-7)19-21-31-33(5,6)27-15-11-13-17-29(27)37(31)9-2;1-7-31-25-15-11-9-13-23(25)29(3,4)27(31)19-17-22(21-33)18-20-28-30(5,6)24-14-10-12-16-26(24)32(28)8-2/h10-22H,8-9H2,1-6H3;9-21H,7-8H2,1-6H3/q2*+1/b25-22-;. The number of fused-ring (bicyclic) bond motifs is 4. The summed E-state index contributed by atoms with van der Waals surface area (Å²) >= 11 is 0. The minimum atomic E-state index is -0.150. The minimum Gasteiger partial charge on any atom is -0.344 e.